The number of carbonyl (C=O) groups is 3. The third-order valence-electron chi connectivity index (χ3n) is 5.85. The maximum absolute atomic E-state index is 12.8. The van der Waals surface area contributed by atoms with Crippen LogP contribution >= 0.6 is 0 Å². The zero-order valence-electron chi connectivity index (χ0n) is 15.4. The molecule has 1 aliphatic carbocycles. The lowest BCUT2D eigenvalue weighted by atomic mass is 9.99. The van der Waals surface area contributed by atoms with Crippen LogP contribution in [0.25, 0.3) is 0 Å². The number of carbonyl (C=O) groups excluding carboxylic acids is 3. The number of hydrogen-bond donors (Lipinski definition) is 1. The molecule has 5 nitrogen and oxygen atoms in total. The van der Waals surface area contributed by atoms with Crippen LogP contribution in [0.1, 0.15) is 72.9 Å². The summed E-state index contributed by atoms with van der Waals surface area (Å²) in [6.07, 6.45) is 8.05. The number of fused-ring (bicyclic) bond motifs is 1. The molecule has 1 atom stereocenters. The maximum atomic E-state index is 12.8. The Kier molecular flexibility index (Phi) is 4.98. The van der Waals surface area contributed by atoms with Gasteiger partial charge in [-0.25, -0.2) is 0 Å². The van der Waals surface area contributed by atoms with Gasteiger partial charge in [0, 0.05) is 30.0 Å². The van der Waals surface area contributed by atoms with E-state index in [0.29, 0.717) is 24.4 Å². The van der Waals surface area contributed by atoms with E-state index in [9.17, 15) is 14.4 Å². The average molecular weight is 364 g/mol. The number of nitrogens with zero attached hydrogens (tertiary/aromatic N) is 1. The maximum Gasteiger partial charge on any atom is 0.255 e. The highest BCUT2D eigenvalue weighted by Gasteiger charge is 2.39. The van der Waals surface area contributed by atoms with Crippen LogP contribution in [0.15, 0.2) is 18.2 Å². The molecule has 0 radical (unpaired) electrons. The molecule has 27 heavy (non-hydrogen) atoms. The van der Waals surface area contributed by atoms with Crippen molar-refractivity contribution in [1.29, 1.82) is 0 Å². The lowest BCUT2D eigenvalue weighted by Crippen LogP contribution is -2.52. The van der Waals surface area contributed by atoms with Gasteiger partial charge in [-0.15, -0.1) is 0 Å². The molecule has 3 aliphatic rings. The lowest BCUT2D eigenvalue weighted by Gasteiger charge is -2.29. The smallest absolute Gasteiger partial charge is 0.255 e. The molecule has 5 heteroatoms. The Morgan fingerprint density at radius 2 is 1.78 bits per heavy atom. The summed E-state index contributed by atoms with van der Waals surface area (Å²) >= 11 is 0. The first-order chi connectivity index (χ1) is 13.1. The van der Waals surface area contributed by atoms with Gasteiger partial charge in [-0.3, -0.25) is 19.7 Å². The van der Waals surface area contributed by atoms with E-state index in [0.717, 1.165) is 24.0 Å². The number of imide groups is 1. The van der Waals surface area contributed by atoms with Crippen molar-refractivity contribution >= 4 is 17.7 Å². The van der Waals surface area contributed by atoms with Crippen molar-refractivity contribution < 1.29 is 14.4 Å². The molecule has 0 spiro atoms. The van der Waals surface area contributed by atoms with Gasteiger partial charge < -0.3 is 4.90 Å². The Labute approximate surface area is 159 Å². The molecule has 1 saturated carbocycles. The molecule has 1 aromatic carbocycles. The largest absolute Gasteiger partial charge is 0.322 e. The third kappa shape index (κ3) is 3.62. The minimum Gasteiger partial charge on any atom is -0.322 e. The van der Waals surface area contributed by atoms with Crippen LogP contribution in [0.4, 0.5) is 0 Å². The zero-order chi connectivity index (χ0) is 18.8. The second-order valence-electron chi connectivity index (χ2n) is 7.69. The molecular weight excluding hydrogens is 340 g/mol. The summed E-state index contributed by atoms with van der Waals surface area (Å²) in [5, 5.41) is 2.34. The van der Waals surface area contributed by atoms with Crippen LogP contribution < -0.4 is 5.32 Å². The molecule has 1 aromatic rings. The molecule has 1 saturated heterocycles. The van der Waals surface area contributed by atoms with Gasteiger partial charge in [-0.2, -0.15) is 0 Å². The number of hydrogen-bond acceptors (Lipinski definition) is 3. The Bertz CT molecular complexity index is 841. The van der Waals surface area contributed by atoms with E-state index in [1.165, 1.54) is 25.7 Å². The predicted octanol–water partition coefficient (Wildman–Crippen LogP) is 2.77. The highest BCUT2D eigenvalue weighted by atomic mass is 16.2. The third-order valence-corrected chi connectivity index (χ3v) is 5.85. The van der Waals surface area contributed by atoms with Gasteiger partial charge in [0.2, 0.25) is 11.8 Å². The number of amides is 3. The zero-order valence-corrected chi connectivity index (χ0v) is 15.4. The van der Waals surface area contributed by atoms with Crippen molar-refractivity contribution in [3.63, 3.8) is 0 Å². The van der Waals surface area contributed by atoms with Crippen molar-refractivity contribution in [3.8, 4) is 11.8 Å². The quantitative estimate of drug-likeness (QED) is 0.473. The van der Waals surface area contributed by atoms with Crippen molar-refractivity contribution in [2.24, 2.45) is 5.92 Å². The first kappa shape index (κ1) is 17.8. The van der Waals surface area contributed by atoms with Gasteiger partial charge in [-0.05, 0) is 37.0 Å². The summed E-state index contributed by atoms with van der Waals surface area (Å²) in [6.45, 7) is 0.385. The Morgan fingerprint density at radius 3 is 2.52 bits per heavy atom. The van der Waals surface area contributed by atoms with E-state index < -0.39 is 6.04 Å². The van der Waals surface area contributed by atoms with Crippen molar-refractivity contribution in [2.45, 2.75) is 64.0 Å². The predicted molar refractivity (Wildman–Crippen MR) is 101 cm³/mol. The molecule has 0 aromatic heterocycles. The van der Waals surface area contributed by atoms with Crippen molar-refractivity contribution in [3.05, 3.63) is 34.9 Å². The second kappa shape index (κ2) is 7.56. The Balaban J connectivity index is 1.56. The van der Waals surface area contributed by atoms with Gasteiger partial charge in [0.25, 0.3) is 5.91 Å². The van der Waals surface area contributed by atoms with Gasteiger partial charge in [0.05, 0.1) is 0 Å². The Hall–Kier alpha value is -2.61. The molecule has 1 N–H and O–H groups in total. The van der Waals surface area contributed by atoms with Gasteiger partial charge in [0.15, 0.2) is 0 Å². The van der Waals surface area contributed by atoms with Crippen LogP contribution in [-0.2, 0) is 16.1 Å². The van der Waals surface area contributed by atoms with Crippen LogP contribution in [-0.4, -0.2) is 28.7 Å². The van der Waals surface area contributed by atoms with Crippen LogP contribution in [0.2, 0.25) is 0 Å². The SMILES string of the molecule is O=C1CCC(N2Cc3c(C#CC4CCCCCC4)cccc3C2=O)C(=O)N1. The number of benzene rings is 1. The average Bonchev–Trinajstić information content (AvgIpc) is 2.84. The van der Waals surface area contributed by atoms with Crippen LogP contribution in [0.3, 0.4) is 0 Å². The molecule has 3 amide bonds. The van der Waals surface area contributed by atoms with E-state index in [1.54, 1.807) is 11.0 Å². The molecule has 140 valence electrons. The van der Waals surface area contributed by atoms with Crippen LogP contribution in [0, 0.1) is 17.8 Å². The van der Waals surface area contributed by atoms with Crippen molar-refractivity contribution in [2.75, 3.05) is 0 Å². The van der Waals surface area contributed by atoms with E-state index in [4.69, 9.17) is 0 Å². The topological polar surface area (TPSA) is 66.5 Å². The van der Waals surface area contributed by atoms with Gasteiger partial charge >= 0.3 is 0 Å². The summed E-state index contributed by atoms with van der Waals surface area (Å²) < 4.78 is 0. The standard InChI is InChI=1S/C22H24N2O3/c25-20-13-12-19(21(26)23-20)24-14-18-16(8-5-9-17(18)22(24)27)11-10-15-6-3-1-2-4-7-15/h5,8-9,15,19H,1-4,6-7,12-14H2,(H,23,25,26). The minimum atomic E-state index is -0.578. The Morgan fingerprint density at radius 1 is 1.00 bits per heavy atom. The summed E-state index contributed by atoms with van der Waals surface area (Å²) in [5.41, 5.74) is 2.43. The molecule has 4 rings (SSSR count). The monoisotopic (exact) mass is 364 g/mol. The fraction of sp³-hybridized carbons (Fsp3) is 0.500. The highest BCUT2D eigenvalue weighted by Crippen LogP contribution is 2.30. The molecule has 2 aliphatic heterocycles. The number of piperidine rings is 1. The minimum absolute atomic E-state index is 0.141. The molecule has 2 fully saturated rings. The summed E-state index contributed by atoms with van der Waals surface area (Å²) in [4.78, 5) is 38.0. The highest BCUT2D eigenvalue weighted by molar-refractivity contribution is 6.05. The normalized spacial score (nSPS) is 23.3. The fourth-order valence-corrected chi connectivity index (χ4v) is 4.31. The van der Waals surface area contributed by atoms with E-state index in [2.05, 4.69) is 17.2 Å². The first-order valence-electron chi connectivity index (χ1n) is 9.91. The number of rotatable bonds is 1. The van der Waals surface area contributed by atoms with Gasteiger partial charge in [0.1, 0.15) is 6.04 Å². The lowest BCUT2D eigenvalue weighted by molar-refractivity contribution is -0.136. The van der Waals surface area contributed by atoms with Crippen LogP contribution in [0.5, 0.6) is 0 Å². The van der Waals surface area contributed by atoms with E-state index in [1.807, 2.05) is 12.1 Å². The summed E-state index contributed by atoms with van der Waals surface area (Å²) in [7, 11) is 0. The van der Waals surface area contributed by atoms with E-state index >= 15 is 0 Å². The second-order valence-corrected chi connectivity index (χ2v) is 7.69. The van der Waals surface area contributed by atoms with Crippen molar-refractivity contribution in [1.82, 2.24) is 10.2 Å². The molecule has 1 unspecified atom stereocenters. The first-order valence-corrected chi connectivity index (χ1v) is 9.91. The molecule has 2 heterocycles. The summed E-state index contributed by atoms with van der Waals surface area (Å²) in [6, 6.07) is 5.05. The van der Waals surface area contributed by atoms with E-state index in [-0.39, 0.29) is 24.1 Å². The molecule has 0 bridgehead atoms. The summed E-state index contributed by atoms with van der Waals surface area (Å²) in [5.74, 6) is 6.40. The molecular formula is C22H24N2O3. The fourth-order valence-electron chi connectivity index (χ4n) is 4.31. The number of nitrogens with one attached hydrogen (secondary N) is 1. The van der Waals surface area contributed by atoms with Gasteiger partial charge in [-0.1, -0.05) is 43.6 Å².